The number of aliphatic imine (C=N–C) groups is 1. The Hall–Kier alpha value is -2.75. The number of hydrogen-bond donors (Lipinski definition) is 2. The molecule has 0 unspecified atom stereocenters. The number of carbonyl (C=O) groups is 1. The van der Waals surface area contributed by atoms with E-state index in [0.717, 1.165) is 12.8 Å². The van der Waals surface area contributed by atoms with E-state index in [1.54, 1.807) is 31.2 Å². The standard InChI is InChI=1S/C19H25N5O4S/c1-13-21-18(23-28-13)19(2,3)22-16(25)11-5-4-8-12-20-17-14-9-6-7-10-15(14)29(26,27)24-17/h6-7,9-10H,4-5,8,11-12H2,1-3H3,(H,20,24)(H,22,25). The zero-order chi connectivity index (χ0) is 21.1. The van der Waals surface area contributed by atoms with Crippen LogP contribution in [0.25, 0.3) is 0 Å². The quantitative estimate of drug-likeness (QED) is 0.631. The van der Waals surface area contributed by atoms with Gasteiger partial charge in [-0.3, -0.25) is 14.5 Å². The molecule has 0 saturated carbocycles. The molecule has 2 heterocycles. The van der Waals surface area contributed by atoms with Crippen molar-refractivity contribution >= 4 is 21.8 Å². The third-order valence-corrected chi connectivity index (χ3v) is 5.93. The molecule has 9 nitrogen and oxygen atoms in total. The van der Waals surface area contributed by atoms with Crippen molar-refractivity contribution in [2.75, 3.05) is 6.54 Å². The number of nitrogens with one attached hydrogen (secondary N) is 2. The summed E-state index contributed by atoms with van der Waals surface area (Å²) in [5.74, 6) is 1.20. The van der Waals surface area contributed by atoms with Crippen LogP contribution in [0.5, 0.6) is 0 Å². The van der Waals surface area contributed by atoms with E-state index in [1.165, 1.54) is 0 Å². The van der Waals surface area contributed by atoms with Crippen LogP contribution in [-0.2, 0) is 20.4 Å². The lowest BCUT2D eigenvalue weighted by Gasteiger charge is -2.22. The van der Waals surface area contributed by atoms with E-state index >= 15 is 0 Å². The van der Waals surface area contributed by atoms with Gasteiger partial charge in [0.05, 0.1) is 10.4 Å². The molecule has 0 radical (unpaired) electrons. The van der Waals surface area contributed by atoms with Gasteiger partial charge in [-0.15, -0.1) is 0 Å². The first-order chi connectivity index (χ1) is 13.7. The molecule has 0 atom stereocenters. The summed E-state index contributed by atoms with van der Waals surface area (Å²) < 4.78 is 31.5. The summed E-state index contributed by atoms with van der Waals surface area (Å²) in [6.07, 6.45) is 2.65. The maximum atomic E-state index is 12.2. The van der Waals surface area contributed by atoms with Gasteiger partial charge in [0, 0.05) is 25.5 Å². The number of rotatable bonds is 8. The van der Waals surface area contributed by atoms with E-state index in [9.17, 15) is 13.2 Å². The van der Waals surface area contributed by atoms with Crippen molar-refractivity contribution in [2.24, 2.45) is 4.99 Å². The number of carbonyl (C=O) groups excluding carboxylic acids is 1. The van der Waals surface area contributed by atoms with Gasteiger partial charge in [-0.05, 0) is 38.8 Å². The number of amides is 1. The number of benzene rings is 1. The van der Waals surface area contributed by atoms with Gasteiger partial charge >= 0.3 is 0 Å². The number of unbranched alkanes of at least 4 members (excludes halogenated alkanes) is 2. The predicted molar refractivity (Wildman–Crippen MR) is 107 cm³/mol. The van der Waals surface area contributed by atoms with Gasteiger partial charge in [-0.1, -0.05) is 23.7 Å². The Morgan fingerprint density at radius 1 is 1.24 bits per heavy atom. The molecule has 1 amide bonds. The molecule has 0 aliphatic carbocycles. The third kappa shape index (κ3) is 5.00. The summed E-state index contributed by atoms with van der Waals surface area (Å²) in [5.41, 5.74) is -0.0980. The summed E-state index contributed by atoms with van der Waals surface area (Å²) in [4.78, 5) is 21.0. The monoisotopic (exact) mass is 419 g/mol. The minimum atomic E-state index is -3.50. The Morgan fingerprint density at radius 3 is 2.72 bits per heavy atom. The smallest absolute Gasteiger partial charge is 0.263 e. The van der Waals surface area contributed by atoms with Crippen LogP contribution in [0.2, 0.25) is 0 Å². The Labute approximate surface area is 170 Å². The molecular formula is C19H25N5O4S. The Bertz CT molecular complexity index is 1030. The fourth-order valence-corrected chi connectivity index (χ4v) is 4.29. The average Bonchev–Trinajstić information content (AvgIpc) is 3.20. The van der Waals surface area contributed by atoms with Crippen molar-refractivity contribution in [1.29, 1.82) is 0 Å². The molecule has 10 heteroatoms. The van der Waals surface area contributed by atoms with Gasteiger partial charge in [0.25, 0.3) is 10.0 Å². The Kier molecular flexibility index (Phi) is 6.02. The zero-order valence-electron chi connectivity index (χ0n) is 16.7. The second-order valence-corrected chi connectivity index (χ2v) is 9.10. The average molecular weight is 420 g/mol. The maximum Gasteiger partial charge on any atom is 0.263 e. The van der Waals surface area contributed by atoms with Gasteiger partial charge in [-0.25, -0.2) is 8.42 Å². The molecule has 0 fully saturated rings. The van der Waals surface area contributed by atoms with E-state index in [-0.39, 0.29) is 10.8 Å². The molecule has 3 rings (SSSR count). The van der Waals surface area contributed by atoms with Crippen LogP contribution in [0.4, 0.5) is 0 Å². The van der Waals surface area contributed by atoms with Crippen LogP contribution in [0.1, 0.15) is 56.8 Å². The summed E-state index contributed by atoms with van der Waals surface area (Å²) in [6.45, 7) is 5.84. The summed E-state index contributed by atoms with van der Waals surface area (Å²) in [6, 6.07) is 6.78. The molecule has 1 aromatic heterocycles. The predicted octanol–water partition coefficient (Wildman–Crippen LogP) is 2.03. The molecular weight excluding hydrogens is 394 g/mol. The van der Waals surface area contributed by atoms with Crippen molar-refractivity contribution in [1.82, 2.24) is 20.2 Å². The van der Waals surface area contributed by atoms with Gasteiger partial charge < -0.3 is 9.84 Å². The normalized spacial score (nSPS) is 16.4. The van der Waals surface area contributed by atoms with Crippen molar-refractivity contribution in [3.05, 3.63) is 41.5 Å². The first-order valence-electron chi connectivity index (χ1n) is 9.47. The first-order valence-corrected chi connectivity index (χ1v) is 11.0. The highest BCUT2D eigenvalue weighted by Crippen LogP contribution is 2.22. The third-order valence-electron chi connectivity index (χ3n) is 4.53. The largest absolute Gasteiger partial charge is 0.344 e. The molecule has 0 saturated heterocycles. The van der Waals surface area contributed by atoms with Crippen LogP contribution >= 0.6 is 0 Å². The van der Waals surface area contributed by atoms with Gasteiger partial charge in [0.15, 0.2) is 5.82 Å². The molecule has 1 aliphatic rings. The molecule has 1 aliphatic heterocycles. The highest BCUT2D eigenvalue weighted by Gasteiger charge is 2.30. The summed E-state index contributed by atoms with van der Waals surface area (Å²) in [5, 5.41) is 6.77. The number of amidine groups is 1. The maximum absolute atomic E-state index is 12.2. The highest BCUT2D eigenvalue weighted by molar-refractivity contribution is 7.90. The SMILES string of the molecule is Cc1nc(C(C)(C)NC(=O)CCCCCN=C2NS(=O)(=O)c3ccccc32)no1. The number of aryl methyl sites for hydroxylation is 1. The van der Waals surface area contributed by atoms with Crippen molar-refractivity contribution in [2.45, 2.75) is 56.9 Å². The van der Waals surface area contributed by atoms with E-state index in [1.807, 2.05) is 13.8 Å². The molecule has 1 aromatic carbocycles. The first kappa shape index (κ1) is 21.0. The summed E-state index contributed by atoms with van der Waals surface area (Å²) >= 11 is 0. The number of aromatic nitrogens is 2. The Morgan fingerprint density at radius 2 is 2.00 bits per heavy atom. The number of hydrogen-bond acceptors (Lipinski definition) is 7. The van der Waals surface area contributed by atoms with Gasteiger partial charge in [0.2, 0.25) is 11.8 Å². The lowest BCUT2D eigenvalue weighted by molar-refractivity contribution is -0.123. The summed E-state index contributed by atoms with van der Waals surface area (Å²) in [7, 11) is -3.50. The van der Waals surface area contributed by atoms with Crippen molar-refractivity contribution in [3.8, 4) is 0 Å². The fourth-order valence-electron chi connectivity index (χ4n) is 3.04. The van der Waals surface area contributed by atoms with Crippen molar-refractivity contribution in [3.63, 3.8) is 0 Å². The van der Waals surface area contributed by atoms with Crippen LogP contribution in [0.3, 0.4) is 0 Å². The second kappa shape index (κ2) is 8.32. The lowest BCUT2D eigenvalue weighted by atomic mass is 10.0. The molecule has 2 aromatic rings. The van der Waals surface area contributed by atoms with Crippen molar-refractivity contribution < 1.29 is 17.7 Å². The van der Waals surface area contributed by atoms with E-state index in [0.29, 0.717) is 42.5 Å². The van der Waals surface area contributed by atoms with E-state index in [4.69, 9.17) is 4.52 Å². The molecule has 0 bridgehead atoms. The fraction of sp³-hybridized carbons (Fsp3) is 0.474. The number of fused-ring (bicyclic) bond motifs is 1. The molecule has 29 heavy (non-hydrogen) atoms. The van der Waals surface area contributed by atoms with Crippen LogP contribution in [0.15, 0.2) is 38.7 Å². The van der Waals surface area contributed by atoms with Crippen LogP contribution in [-0.4, -0.2) is 36.8 Å². The second-order valence-electron chi connectivity index (χ2n) is 7.45. The van der Waals surface area contributed by atoms with E-state index in [2.05, 4.69) is 25.2 Å². The Balaban J connectivity index is 1.42. The minimum absolute atomic E-state index is 0.0822. The topological polar surface area (TPSA) is 127 Å². The lowest BCUT2D eigenvalue weighted by Crippen LogP contribution is -2.41. The molecule has 0 spiro atoms. The number of sulfonamides is 1. The minimum Gasteiger partial charge on any atom is -0.344 e. The highest BCUT2D eigenvalue weighted by atomic mass is 32.2. The van der Waals surface area contributed by atoms with E-state index < -0.39 is 15.6 Å². The van der Waals surface area contributed by atoms with Crippen LogP contribution < -0.4 is 10.0 Å². The van der Waals surface area contributed by atoms with Gasteiger partial charge in [0.1, 0.15) is 5.84 Å². The van der Waals surface area contributed by atoms with Crippen LogP contribution in [0, 0.1) is 6.92 Å². The molecule has 2 N–H and O–H groups in total. The number of nitrogens with zero attached hydrogens (tertiary/aromatic N) is 3. The zero-order valence-corrected chi connectivity index (χ0v) is 17.5. The van der Waals surface area contributed by atoms with Gasteiger partial charge in [-0.2, -0.15) is 4.98 Å². The molecule has 156 valence electrons.